The predicted molar refractivity (Wildman–Crippen MR) is 158 cm³/mol. The lowest BCUT2D eigenvalue weighted by molar-refractivity contribution is -0.147. The van der Waals surface area contributed by atoms with E-state index in [0.29, 0.717) is 22.5 Å². The van der Waals surface area contributed by atoms with E-state index in [2.05, 4.69) is 15.2 Å². The molecule has 1 spiro atoms. The van der Waals surface area contributed by atoms with Crippen molar-refractivity contribution in [2.24, 2.45) is 5.41 Å². The average molecular weight is 629 g/mol. The van der Waals surface area contributed by atoms with Gasteiger partial charge in [0.15, 0.2) is 5.65 Å². The summed E-state index contributed by atoms with van der Waals surface area (Å²) in [5.41, 5.74) is 1.80. The molecule has 1 fully saturated rings. The highest BCUT2D eigenvalue weighted by molar-refractivity contribution is 8.22. The first kappa shape index (κ1) is 30.3. The number of hydrogen-bond acceptors (Lipinski definition) is 9. The number of aryl methyl sites for hydroxylation is 3. The van der Waals surface area contributed by atoms with Crippen molar-refractivity contribution in [3.05, 3.63) is 76.1 Å². The number of carboxylic acid groups (broad SMARTS) is 1. The van der Waals surface area contributed by atoms with E-state index < -0.39 is 45.9 Å². The molecule has 0 amide bonds. The molecule has 0 saturated heterocycles. The highest BCUT2D eigenvalue weighted by Gasteiger charge is 2.52. The van der Waals surface area contributed by atoms with Crippen molar-refractivity contribution in [2.45, 2.75) is 76.8 Å². The first-order chi connectivity index (χ1) is 20.6. The molecule has 14 heteroatoms. The van der Waals surface area contributed by atoms with Crippen LogP contribution in [-0.2, 0) is 11.3 Å². The van der Waals surface area contributed by atoms with E-state index in [-0.39, 0.29) is 29.5 Å². The summed E-state index contributed by atoms with van der Waals surface area (Å²) >= 11 is 0. The van der Waals surface area contributed by atoms with E-state index in [4.69, 9.17) is 9.72 Å². The van der Waals surface area contributed by atoms with Crippen LogP contribution in [0.15, 0.2) is 41.6 Å². The van der Waals surface area contributed by atoms with Crippen LogP contribution in [-0.4, -0.2) is 61.2 Å². The quantitative estimate of drug-likeness (QED) is 0.220. The maximum Gasteiger partial charge on any atom is 0.310 e. The molecule has 2 aliphatic rings. The number of carboxylic acids is 1. The Bertz CT molecular complexity index is 1790. The molecule has 0 aromatic carbocycles. The van der Waals surface area contributed by atoms with Gasteiger partial charge in [0.05, 0.1) is 24.2 Å². The summed E-state index contributed by atoms with van der Waals surface area (Å²) in [6.07, 6.45) is 1.71. The van der Waals surface area contributed by atoms with Crippen molar-refractivity contribution in [1.29, 1.82) is 0 Å². The molecule has 4 aromatic rings. The van der Waals surface area contributed by atoms with Gasteiger partial charge in [-0.25, -0.2) is 13.8 Å². The molecule has 0 radical (unpaired) electrons. The fourth-order valence-electron chi connectivity index (χ4n) is 5.83. The summed E-state index contributed by atoms with van der Waals surface area (Å²) in [4.78, 5) is 22.2. The zero-order valence-corrected chi connectivity index (χ0v) is 25.8. The summed E-state index contributed by atoms with van der Waals surface area (Å²) < 4.78 is 59.3. The van der Waals surface area contributed by atoms with Gasteiger partial charge < -0.3 is 9.84 Å². The molecule has 3 N–H and O–H groups in total. The van der Waals surface area contributed by atoms with Gasteiger partial charge in [-0.3, -0.25) is 23.3 Å². The first-order valence-corrected chi connectivity index (χ1v) is 15.7. The molecule has 1 saturated carbocycles. The second-order valence-corrected chi connectivity index (χ2v) is 14.3. The highest BCUT2D eigenvalue weighted by Crippen LogP contribution is 2.61. The maximum atomic E-state index is 13.5. The monoisotopic (exact) mass is 628 g/mol. The van der Waals surface area contributed by atoms with Crippen molar-refractivity contribution in [3.63, 3.8) is 0 Å². The number of aromatic nitrogens is 5. The van der Waals surface area contributed by atoms with E-state index >= 15 is 0 Å². The molecule has 1 atom stereocenters. The third-order valence-corrected chi connectivity index (χ3v) is 10.6. The van der Waals surface area contributed by atoms with Crippen LogP contribution in [0.4, 0.5) is 8.78 Å². The third-order valence-electron chi connectivity index (χ3n) is 8.71. The number of carbonyl (C=O) groups is 1. The number of aliphatic carboxylic acids is 1. The number of rotatable bonds is 7. The van der Waals surface area contributed by atoms with Gasteiger partial charge in [-0.2, -0.15) is 4.31 Å². The lowest BCUT2D eigenvalue weighted by Gasteiger charge is -2.41. The zero-order chi connectivity index (χ0) is 31.8. The SMILES string of the molecule is Cc1cnc2c(c1)S(O)(O)N(Cc1nc(C(c3ccn4c(C(F)F)nnc4c3C)C(C)(C)C(=O)O)ccc1C)CC1(CC1)O2. The van der Waals surface area contributed by atoms with Gasteiger partial charge in [-0.1, -0.05) is 6.07 Å². The van der Waals surface area contributed by atoms with Gasteiger partial charge in [0.2, 0.25) is 11.7 Å². The Kier molecular flexibility index (Phi) is 7.19. The van der Waals surface area contributed by atoms with Crippen molar-refractivity contribution >= 4 is 22.4 Å². The lowest BCUT2D eigenvalue weighted by Crippen LogP contribution is -2.37. The van der Waals surface area contributed by atoms with Gasteiger partial charge in [0, 0.05) is 24.0 Å². The van der Waals surface area contributed by atoms with E-state index in [1.54, 1.807) is 49.5 Å². The highest BCUT2D eigenvalue weighted by atomic mass is 32.3. The summed E-state index contributed by atoms with van der Waals surface area (Å²) in [5.74, 6) is -2.17. The van der Waals surface area contributed by atoms with Gasteiger partial charge in [0.25, 0.3) is 6.43 Å². The second-order valence-electron chi connectivity index (χ2n) is 12.3. The van der Waals surface area contributed by atoms with Crippen LogP contribution in [0.1, 0.15) is 78.5 Å². The van der Waals surface area contributed by atoms with Crippen LogP contribution in [0.3, 0.4) is 0 Å². The number of fused-ring (bicyclic) bond motifs is 2. The summed E-state index contributed by atoms with van der Waals surface area (Å²) in [6.45, 7) is 8.85. The number of alkyl halides is 2. The van der Waals surface area contributed by atoms with Crippen LogP contribution in [0.25, 0.3) is 5.65 Å². The predicted octanol–water partition coefficient (Wildman–Crippen LogP) is 6.08. The normalized spacial score (nSPS) is 19.0. The largest absolute Gasteiger partial charge is 0.481 e. The average Bonchev–Trinajstić information content (AvgIpc) is 3.57. The molecule has 44 heavy (non-hydrogen) atoms. The van der Waals surface area contributed by atoms with Gasteiger partial charge >= 0.3 is 5.97 Å². The molecular formula is C30H34F2N6O5S. The molecule has 0 bridgehead atoms. The van der Waals surface area contributed by atoms with Crippen molar-refractivity contribution in [3.8, 4) is 5.88 Å². The lowest BCUT2D eigenvalue weighted by atomic mass is 9.72. The van der Waals surface area contributed by atoms with E-state index in [1.165, 1.54) is 10.6 Å². The molecule has 4 aromatic heterocycles. The van der Waals surface area contributed by atoms with Crippen LogP contribution >= 0.6 is 10.8 Å². The molecule has 1 aliphatic carbocycles. The van der Waals surface area contributed by atoms with Crippen LogP contribution < -0.4 is 4.74 Å². The molecule has 1 unspecified atom stereocenters. The second kappa shape index (κ2) is 10.4. The van der Waals surface area contributed by atoms with Crippen molar-refractivity contribution < 1.29 is 32.5 Å². The Balaban J connectivity index is 1.45. The topological polar surface area (TPSA) is 146 Å². The molecular weight excluding hydrogens is 594 g/mol. The summed E-state index contributed by atoms with van der Waals surface area (Å²) in [5, 5.41) is 17.9. The standard InChI is InChI=1S/C30H34F2N6O5S/c1-16-12-22-27(33-13-16)43-30(9-10-30)15-37(44(22,41)42)14-21-17(2)6-7-20(34-21)23(29(4,5)28(39)40)19-8-11-38-25(18(19)3)35-36-26(38)24(31)32/h6-8,11-13,23-24,41-42H,9-10,14-15H2,1-5H3,(H,39,40). The Hall–Kier alpha value is -3.72. The van der Waals surface area contributed by atoms with E-state index in [9.17, 15) is 27.8 Å². The zero-order valence-electron chi connectivity index (χ0n) is 25.0. The molecule has 11 nitrogen and oxygen atoms in total. The van der Waals surface area contributed by atoms with Crippen molar-refractivity contribution in [1.82, 2.24) is 28.9 Å². The van der Waals surface area contributed by atoms with Crippen LogP contribution in [0, 0.1) is 26.2 Å². The number of ether oxygens (including phenoxy) is 1. The van der Waals surface area contributed by atoms with Crippen LogP contribution in [0.5, 0.6) is 5.88 Å². The van der Waals surface area contributed by atoms with Crippen LogP contribution in [0.2, 0.25) is 0 Å². The summed E-state index contributed by atoms with van der Waals surface area (Å²) in [6, 6.07) is 6.87. The Labute approximate surface area is 254 Å². The number of nitrogens with zero attached hydrogens (tertiary/aromatic N) is 6. The molecule has 1 aliphatic heterocycles. The Morgan fingerprint density at radius 3 is 2.55 bits per heavy atom. The van der Waals surface area contributed by atoms with Gasteiger partial charge in [-0.15, -0.1) is 21.0 Å². The van der Waals surface area contributed by atoms with E-state index in [1.807, 2.05) is 19.9 Å². The molecule has 6 rings (SSSR count). The molecule has 234 valence electrons. The third kappa shape index (κ3) is 4.99. The smallest absolute Gasteiger partial charge is 0.310 e. The molecule has 5 heterocycles. The Morgan fingerprint density at radius 1 is 1.16 bits per heavy atom. The minimum Gasteiger partial charge on any atom is -0.481 e. The fraction of sp³-hybridized carbons (Fsp3) is 0.433. The minimum absolute atomic E-state index is 0.0562. The number of hydrogen-bond donors (Lipinski definition) is 3. The van der Waals surface area contributed by atoms with Crippen molar-refractivity contribution in [2.75, 3.05) is 6.54 Å². The van der Waals surface area contributed by atoms with E-state index in [0.717, 1.165) is 24.0 Å². The first-order valence-electron chi connectivity index (χ1n) is 14.2. The number of halogens is 2. The number of pyridine rings is 3. The maximum absolute atomic E-state index is 13.5. The Morgan fingerprint density at radius 2 is 1.89 bits per heavy atom. The van der Waals surface area contributed by atoms with Gasteiger partial charge in [-0.05, 0) is 87.9 Å². The summed E-state index contributed by atoms with van der Waals surface area (Å²) in [7, 11) is -3.52. The minimum atomic E-state index is -3.52. The van der Waals surface area contributed by atoms with Gasteiger partial charge in [0.1, 0.15) is 10.5 Å². The fourth-order valence-corrected chi connectivity index (χ4v) is 7.50.